The van der Waals surface area contributed by atoms with Gasteiger partial charge in [0.15, 0.2) is 0 Å². The van der Waals surface area contributed by atoms with Crippen LogP contribution in [0.3, 0.4) is 0 Å². The van der Waals surface area contributed by atoms with E-state index in [1.165, 1.54) is 5.56 Å². The summed E-state index contributed by atoms with van der Waals surface area (Å²) in [7, 11) is 0. The summed E-state index contributed by atoms with van der Waals surface area (Å²) in [6.07, 6.45) is 1.46. The molecule has 1 heterocycles. The van der Waals surface area contributed by atoms with E-state index < -0.39 is 5.92 Å². The molecule has 4 nitrogen and oxygen atoms in total. The third-order valence-corrected chi connectivity index (χ3v) is 4.33. The van der Waals surface area contributed by atoms with Crippen LogP contribution in [0.15, 0.2) is 18.2 Å². The van der Waals surface area contributed by atoms with E-state index in [-0.39, 0.29) is 17.9 Å². The highest BCUT2D eigenvalue weighted by atomic mass is 16.2. The molecule has 1 aromatic rings. The van der Waals surface area contributed by atoms with Gasteiger partial charge in [0, 0.05) is 18.3 Å². The number of aryl methyl sites for hydroxylation is 2. The van der Waals surface area contributed by atoms with E-state index in [4.69, 9.17) is 0 Å². The molecule has 0 spiro atoms. The molecular weight excluding hydrogens is 264 g/mol. The molecule has 0 saturated carbocycles. The van der Waals surface area contributed by atoms with Gasteiger partial charge in [-0.25, -0.2) is 0 Å². The van der Waals surface area contributed by atoms with Crippen LogP contribution in [0.2, 0.25) is 0 Å². The van der Waals surface area contributed by atoms with Crippen molar-refractivity contribution in [3.05, 3.63) is 29.3 Å². The molecule has 1 aliphatic heterocycles. The van der Waals surface area contributed by atoms with Crippen LogP contribution in [-0.4, -0.2) is 24.4 Å². The van der Waals surface area contributed by atoms with E-state index in [1.54, 1.807) is 4.90 Å². The Morgan fingerprint density at radius 3 is 2.71 bits per heavy atom. The fourth-order valence-corrected chi connectivity index (χ4v) is 2.52. The molecule has 0 aliphatic carbocycles. The van der Waals surface area contributed by atoms with Crippen molar-refractivity contribution in [3.8, 4) is 0 Å². The quantitative estimate of drug-likeness (QED) is 0.866. The second kappa shape index (κ2) is 6.29. The van der Waals surface area contributed by atoms with Gasteiger partial charge in [-0.15, -0.1) is 0 Å². The number of nitrogens with zero attached hydrogens (tertiary/aromatic N) is 1. The zero-order valence-corrected chi connectivity index (χ0v) is 13.3. The number of hydrogen-bond acceptors (Lipinski definition) is 2. The molecule has 21 heavy (non-hydrogen) atoms. The molecule has 1 fully saturated rings. The van der Waals surface area contributed by atoms with Gasteiger partial charge in [-0.3, -0.25) is 9.59 Å². The van der Waals surface area contributed by atoms with E-state index in [0.717, 1.165) is 17.7 Å². The highest BCUT2D eigenvalue weighted by Gasteiger charge is 2.37. The van der Waals surface area contributed by atoms with Gasteiger partial charge in [-0.1, -0.05) is 13.0 Å². The van der Waals surface area contributed by atoms with Crippen molar-refractivity contribution in [2.24, 2.45) is 5.92 Å². The average Bonchev–Trinajstić information content (AvgIpc) is 2.83. The van der Waals surface area contributed by atoms with Crippen molar-refractivity contribution in [1.29, 1.82) is 0 Å². The first-order valence-electron chi connectivity index (χ1n) is 7.63. The summed E-state index contributed by atoms with van der Waals surface area (Å²) in [5.74, 6) is -0.764. The Morgan fingerprint density at radius 2 is 2.10 bits per heavy atom. The van der Waals surface area contributed by atoms with Crippen molar-refractivity contribution in [2.45, 2.75) is 46.6 Å². The van der Waals surface area contributed by atoms with Crippen molar-refractivity contribution in [1.82, 2.24) is 5.32 Å². The van der Waals surface area contributed by atoms with Gasteiger partial charge in [0.1, 0.15) is 5.92 Å². The van der Waals surface area contributed by atoms with Crippen LogP contribution in [0, 0.1) is 19.8 Å². The first kappa shape index (κ1) is 15.5. The highest BCUT2D eigenvalue weighted by molar-refractivity contribution is 6.09. The summed E-state index contributed by atoms with van der Waals surface area (Å²) in [6, 6.07) is 6.10. The minimum absolute atomic E-state index is 0.0842. The first-order chi connectivity index (χ1) is 9.93. The van der Waals surface area contributed by atoms with Gasteiger partial charge in [-0.2, -0.15) is 0 Å². The summed E-state index contributed by atoms with van der Waals surface area (Å²) in [5.41, 5.74) is 3.26. The maximum Gasteiger partial charge on any atom is 0.239 e. The van der Waals surface area contributed by atoms with Crippen molar-refractivity contribution in [3.63, 3.8) is 0 Å². The van der Waals surface area contributed by atoms with Crippen LogP contribution in [0.25, 0.3) is 0 Å². The minimum Gasteiger partial charge on any atom is -0.353 e. The van der Waals surface area contributed by atoms with Crippen molar-refractivity contribution >= 4 is 17.5 Å². The first-order valence-corrected chi connectivity index (χ1v) is 7.63. The Kier molecular flexibility index (Phi) is 4.66. The maximum atomic E-state index is 12.5. The topological polar surface area (TPSA) is 49.4 Å². The van der Waals surface area contributed by atoms with Gasteiger partial charge < -0.3 is 10.2 Å². The molecule has 0 unspecified atom stereocenters. The van der Waals surface area contributed by atoms with Crippen LogP contribution in [0.5, 0.6) is 0 Å². The molecule has 0 radical (unpaired) electrons. The fraction of sp³-hybridized carbons (Fsp3) is 0.529. The summed E-state index contributed by atoms with van der Waals surface area (Å²) in [6.45, 7) is 8.67. The lowest BCUT2D eigenvalue weighted by Crippen LogP contribution is -2.40. The number of hydrogen-bond donors (Lipinski definition) is 1. The van der Waals surface area contributed by atoms with E-state index in [1.807, 2.05) is 45.9 Å². The predicted molar refractivity (Wildman–Crippen MR) is 84.3 cm³/mol. The molecule has 0 bridgehead atoms. The van der Waals surface area contributed by atoms with Gasteiger partial charge in [0.2, 0.25) is 11.8 Å². The Hall–Kier alpha value is -1.84. The highest BCUT2D eigenvalue weighted by Crippen LogP contribution is 2.27. The van der Waals surface area contributed by atoms with Gasteiger partial charge in [0.05, 0.1) is 0 Å². The van der Waals surface area contributed by atoms with E-state index in [9.17, 15) is 9.59 Å². The number of carbonyl (C=O) groups excluding carboxylic acids is 2. The normalized spacial score (nSPS) is 19.7. The van der Waals surface area contributed by atoms with Gasteiger partial charge in [0.25, 0.3) is 0 Å². The molecule has 1 saturated heterocycles. The Morgan fingerprint density at radius 1 is 1.38 bits per heavy atom. The molecule has 1 N–H and O–H groups in total. The molecule has 4 heteroatoms. The number of rotatable bonds is 4. The van der Waals surface area contributed by atoms with Crippen LogP contribution in [-0.2, 0) is 9.59 Å². The predicted octanol–water partition coefficient (Wildman–Crippen LogP) is 2.57. The minimum atomic E-state index is -0.541. The third-order valence-electron chi connectivity index (χ3n) is 4.33. The van der Waals surface area contributed by atoms with E-state index in [2.05, 4.69) is 5.32 Å². The van der Waals surface area contributed by atoms with E-state index in [0.29, 0.717) is 13.0 Å². The Bertz CT molecular complexity index is 554. The summed E-state index contributed by atoms with van der Waals surface area (Å²) in [5, 5.41) is 2.91. The van der Waals surface area contributed by atoms with Crippen LogP contribution >= 0.6 is 0 Å². The molecule has 2 rings (SSSR count). The summed E-state index contributed by atoms with van der Waals surface area (Å²) < 4.78 is 0. The number of amides is 2. The van der Waals surface area contributed by atoms with Crippen LogP contribution in [0.1, 0.15) is 37.8 Å². The molecule has 2 amide bonds. The molecular formula is C17H24N2O2. The standard InChI is InChI=1S/C17H24N2O2/c1-5-13(4)18-16(20)15-8-9-19(17(15)21)14-7-6-11(2)12(3)10-14/h6-7,10,13,15H,5,8-9H2,1-4H3,(H,18,20)/t13-,15+/m0/s1. The van der Waals surface area contributed by atoms with Crippen molar-refractivity contribution in [2.75, 3.05) is 11.4 Å². The second-order valence-corrected chi connectivity index (χ2v) is 5.92. The number of carbonyl (C=O) groups is 2. The lowest BCUT2D eigenvalue weighted by atomic mass is 10.1. The second-order valence-electron chi connectivity index (χ2n) is 5.92. The largest absolute Gasteiger partial charge is 0.353 e. The monoisotopic (exact) mass is 288 g/mol. The average molecular weight is 288 g/mol. The SMILES string of the molecule is CC[C@H](C)NC(=O)[C@H]1CCN(c2ccc(C)c(C)c2)C1=O. The lowest BCUT2D eigenvalue weighted by Gasteiger charge is -2.19. The Labute approximate surface area is 126 Å². The maximum absolute atomic E-state index is 12.5. The molecule has 0 aromatic heterocycles. The summed E-state index contributed by atoms with van der Waals surface area (Å²) >= 11 is 0. The molecule has 2 atom stereocenters. The molecule has 1 aromatic carbocycles. The van der Waals surface area contributed by atoms with Crippen molar-refractivity contribution < 1.29 is 9.59 Å². The van der Waals surface area contributed by atoms with Crippen LogP contribution in [0.4, 0.5) is 5.69 Å². The van der Waals surface area contributed by atoms with Gasteiger partial charge in [-0.05, 0) is 56.9 Å². The van der Waals surface area contributed by atoms with E-state index >= 15 is 0 Å². The number of benzene rings is 1. The molecule has 114 valence electrons. The zero-order valence-electron chi connectivity index (χ0n) is 13.3. The Balaban J connectivity index is 2.10. The summed E-state index contributed by atoms with van der Waals surface area (Å²) in [4.78, 5) is 26.4. The smallest absolute Gasteiger partial charge is 0.239 e. The zero-order chi connectivity index (χ0) is 15.6. The fourth-order valence-electron chi connectivity index (χ4n) is 2.52. The van der Waals surface area contributed by atoms with Gasteiger partial charge >= 0.3 is 0 Å². The lowest BCUT2D eigenvalue weighted by molar-refractivity contribution is -0.132. The number of nitrogens with one attached hydrogen (secondary N) is 1. The van der Waals surface area contributed by atoms with Crippen LogP contribution < -0.4 is 10.2 Å². The third kappa shape index (κ3) is 3.26. The molecule has 1 aliphatic rings. The number of anilines is 1.